The van der Waals surface area contributed by atoms with Crippen LogP contribution >= 0.6 is 0 Å². The van der Waals surface area contributed by atoms with E-state index in [4.69, 9.17) is 0 Å². The minimum Gasteiger partial charge on any atom is -0.353 e. The zero-order valence-corrected chi connectivity index (χ0v) is 14.8. The Balaban J connectivity index is 1.62. The van der Waals surface area contributed by atoms with Crippen LogP contribution in [0.3, 0.4) is 0 Å². The first-order chi connectivity index (χ1) is 11.6. The number of amides is 2. The summed E-state index contributed by atoms with van der Waals surface area (Å²) >= 11 is 0. The molecule has 132 valence electrons. The molecule has 1 saturated carbocycles. The third kappa shape index (κ3) is 3.62. The highest BCUT2D eigenvalue weighted by Gasteiger charge is 2.29. The Morgan fingerprint density at radius 3 is 2.79 bits per heavy atom. The van der Waals surface area contributed by atoms with E-state index in [0.29, 0.717) is 18.9 Å². The van der Waals surface area contributed by atoms with E-state index in [1.54, 1.807) is 0 Å². The minimum atomic E-state index is -0.0217. The number of imidazole rings is 1. The summed E-state index contributed by atoms with van der Waals surface area (Å²) in [6.07, 6.45) is 8.27. The molecule has 2 amide bonds. The van der Waals surface area contributed by atoms with Gasteiger partial charge in [-0.25, -0.2) is 4.98 Å². The lowest BCUT2D eigenvalue weighted by Gasteiger charge is -2.33. The third-order valence-corrected chi connectivity index (χ3v) is 5.16. The molecule has 2 heterocycles. The molecular weight excluding hydrogens is 304 g/mol. The van der Waals surface area contributed by atoms with Crippen molar-refractivity contribution in [3.05, 3.63) is 17.7 Å². The highest BCUT2D eigenvalue weighted by molar-refractivity contribution is 5.78. The van der Waals surface area contributed by atoms with E-state index in [-0.39, 0.29) is 17.9 Å². The fourth-order valence-electron chi connectivity index (χ4n) is 3.44. The Labute approximate surface area is 143 Å². The van der Waals surface area contributed by atoms with Crippen molar-refractivity contribution < 1.29 is 9.59 Å². The molecule has 24 heavy (non-hydrogen) atoms. The van der Waals surface area contributed by atoms with Crippen LogP contribution in [0.2, 0.25) is 0 Å². The summed E-state index contributed by atoms with van der Waals surface area (Å²) in [5, 5.41) is 3.05. The Morgan fingerprint density at radius 1 is 1.33 bits per heavy atom. The van der Waals surface area contributed by atoms with Gasteiger partial charge in [-0.2, -0.15) is 0 Å². The van der Waals surface area contributed by atoms with Gasteiger partial charge in [0.25, 0.3) is 0 Å². The van der Waals surface area contributed by atoms with Gasteiger partial charge in [-0.3, -0.25) is 9.59 Å². The number of rotatable bonds is 6. The molecular formula is C18H28N4O2. The summed E-state index contributed by atoms with van der Waals surface area (Å²) in [6, 6.07) is 0.340. The van der Waals surface area contributed by atoms with Crippen molar-refractivity contribution in [3.8, 4) is 0 Å². The Hall–Kier alpha value is -1.85. The van der Waals surface area contributed by atoms with Gasteiger partial charge in [0.1, 0.15) is 5.82 Å². The van der Waals surface area contributed by atoms with Crippen molar-refractivity contribution in [1.82, 2.24) is 19.8 Å². The minimum absolute atomic E-state index is 0.0217. The lowest BCUT2D eigenvalue weighted by molar-refractivity contribution is -0.134. The highest BCUT2D eigenvalue weighted by Crippen LogP contribution is 2.26. The van der Waals surface area contributed by atoms with E-state index in [9.17, 15) is 9.59 Å². The van der Waals surface area contributed by atoms with Crippen molar-refractivity contribution in [2.75, 3.05) is 6.54 Å². The van der Waals surface area contributed by atoms with Gasteiger partial charge in [-0.05, 0) is 32.6 Å². The zero-order chi connectivity index (χ0) is 17.1. The molecule has 1 aliphatic heterocycles. The molecule has 1 aliphatic carbocycles. The van der Waals surface area contributed by atoms with E-state index in [1.807, 2.05) is 18.0 Å². The Morgan fingerprint density at radius 2 is 2.12 bits per heavy atom. The third-order valence-electron chi connectivity index (χ3n) is 5.16. The molecule has 0 unspecified atom stereocenters. The first kappa shape index (κ1) is 17.0. The molecule has 6 heteroatoms. The van der Waals surface area contributed by atoms with E-state index in [1.165, 1.54) is 6.42 Å². The van der Waals surface area contributed by atoms with Gasteiger partial charge in [0.15, 0.2) is 0 Å². The molecule has 6 nitrogen and oxygen atoms in total. The monoisotopic (exact) mass is 332 g/mol. The van der Waals surface area contributed by atoms with Gasteiger partial charge in [0, 0.05) is 31.7 Å². The predicted molar refractivity (Wildman–Crippen MR) is 91.4 cm³/mol. The average molecular weight is 332 g/mol. The quantitative estimate of drug-likeness (QED) is 0.868. The van der Waals surface area contributed by atoms with Gasteiger partial charge < -0.3 is 14.8 Å². The zero-order valence-electron chi connectivity index (χ0n) is 14.8. The van der Waals surface area contributed by atoms with Crippen LogP contribution in [0.1, 0.15) is 69.9 Å². The second-order valence-electron chi connectivity index (χ2n) is 7.02. The standard InChI is InChI=1S/C18H28N4O2/c1-3-4-8-17(24)22-10-9-21-12-15(20-18(21)13(22)2)11-16(23)19-14-6-5-7-14/h12-14H,3-11H2,1-2H3,(H,19,23)/t13-/m1/s1. The van der Waals surface area contributed by atoms with E-state index in [2.05, 4.69) is 21.8 Å². The van der Waals surface area contributed by atoms with Crippen LogP contribution in [-0.4, -0.2) is 38.9 Å². The van der Waals surface area contributed by atoms with Crippen molar-refractivity contribution in [2.45, 2.75) is 77.4 Å². The van der Waals surface area contributed by atoms with Gasteiger partial charge in [-0.1, -0.05) is 13.3 Å². The summed E-state index contributed by atoms with van der Waals surface area (Å²) in [4.78, 5) is 31.0. The van der Waals surface area contributed by atoms with Gasteiger partial charge in [0.2, 0.25) is 11.8 Å². The molecule has 0 bridgehead atoms. The summed E-state index contributed by atoms with van der Waals surface area (Å²) in [5.41, 5.74) is 0.802. The number of aromatic nitrogens is 2. The molecule has 1 aromatic heterocycles. The summed E-state index contributed by atoms with van der Waals surface area (Å²) in [7, 11) is 0. The van der Waals surface area contributed by atoms with Crippen LogP contribution in [0.4, 0.5) is 0 Å². The maximum absolute atomic E-state index is 12.3. The lowest BCUT2D eigenvalue weighted by atomic mass is 9.93. The van der Waals surface area contributed by atoms with Crippen LogP contribution in [0.15, 0.2) is 6.20 Å². The lowest BCUT2D eigenvalue weighted by Crippen LogP contribution is -2.41. The second-order valence-corrected chi connectivity index (χ2v) is 7.02. The normalized spacial score (nSPS) is 20.4. The van der Waals surface area contributed by atoms with E-state index in [0.717, 1.165) is 50.3 Å². The van der Waals surface area contributed by atoms with Crippen LogP contribution in [-0.2, 0) is 22.6 Å². The number of hydrogen-bond donors (Lipinski definition) is 1. The molecule has 0 aromatic carbocycles. The van der Waals surface area contributed by atoms with Gasteiger partial charge in [-0.15, -0.1) is 0 Å². The topological polar surface area (TPSA) is 67.2 Å². The second kappa shape index (κ2) is 7.36. The number of carbonyl (C=O) groups excluding carboxylic acids is 2. The maximum atomic E-state index is 12.3. The molecule has 0 saturated heterocycles. The largest absolute Gasteiger partial charge is 0.353 e. The van der Waals surface area contributed by atoms with Crippen molar-refractivity contribution in [2.24, 2.45) is 0 Å². The number of hydrogen-bond acceptors (Lipinski definition) is 3. The summed E-state index contributed by atoms with van der Waals surface area (Å²) in [5.74, 6) is 1.17. The van der Waals surface area contributed by atoms with Gasteiger partial charge in [0.05, 0.1) is 18.2 Å². The highest BCUT2D eigenvalue weighted by atomic mass is 16.2. The molecule has 3 rings (SSSR count). The Kier molecular flexibility index (Phi) is 5.21. The van der Waals surface area contributed by atoms with Crippen LogP contribution < -0.4 is 5.32 Å². The number of unbranched alkanes of at least 4 members (excludes halogenated alkanes) is 1. The molecule has 1 atom stereocenters. The molecule has 2 aliphatic rings. The predicted octanol–water partition coefficient (Wildman–Crippen LogP) is 2.19. The number of carbonyl (C=O) groups is 2. The first-order valence-electron chi connectivity index (χ1n) is 9.23. The van der Waals surface area contributed by atoms with Crippen molar-refractivity contribution >= 4 is 11.8 Å². The van der Waals surface area contributed by atoms with Crippen molar-refractivity contribution in [3.63, 3.8) is 0 Å². The molecule has 1 fully saturated rings. The van der Waals surface area contributed by atoms with E-state index < -0.39 is 0 Å². The fraction of sp³-hybridized carbons (Fsp3) is 0.722. The van der Waals surface area contributed by atoms with E-state index >= 15 is 0 Å². The average Bonchev–Trinajstić information content (AvgIpc) is 2.92. The smallest absolute Gasteiger partial charge is 0.226 e. The summed E-state index contributed by atoms with van der Waals surface area (Å²) < 4.78 is 2.10. The van der Waals surface area contributed by atoms with Gasteiger partial charge >= 0.3 is 0 Å². The SMILES string of the molecule is CCCCC(=O)N1CCn2cc(CC(=O)NC3CCC3)nc2[C@H]1C. The first-order valence-corrected chi connectivity index (χ1v) is 9.23. The van der Waals surface area contributed by atoms with Crippen LogP contribution in [0, 0.1) is 0 Å². The molecule has 0 spiro atoms. The van der Waals surface area contributed by atoms with Crippen LogP contribution in [0.25, 0.3) is 0 Å². The van der Waals surface area contributed by atoms with Crippen molar-refractivity contribution in [1.29, 1.82) is 0 Å². The number of nitrogens with one attached hydrogen (secondary N) is 1. The van der Waals surface area contributed by atoms with Crippen LogP contribution in [0.5, 0.6) is 0 Å². The molecule has 1 N–H and O–H groups in total. The number of fused-ring (bicyclic) bond motifs is 1. The maximum Gasteiger partial charge on any atom is 0.226 e. The molecule has 1 aromatic rings. The number of nitrogens with zero attached hydrogens (tertiary/aromatic N) is 3. The fourth-order valence-corrected chi connectivity index (χ4v) is 3.44. The molecule has 0 radical (unpaired) electrons. The Bertz CT molecular complexity index is 606. The summed E-state index contributed by atoms with van der Waals surface area (Å²) in [6.45, 7) is 5.61.